The van der Waals surface area contributed by atoms with E-state index < -0.39 is 15.8 Å². The number of nitrogen functional groups attached to an aromatic ring is 1. The highest BCUT2D eigenvalue weighted by Gasteiger charge is 2.12. The van der Waals surface area contributed by atoms with Gasteiger partial charge in [-0.2, -0.15) is 5.26 Å². The number of nitrogens with one attached hydrogen (secondary N) is 1. The van der Waals surface area contributed by atoms with E-state index in [-0.39, 0.29) is 0 Å². The van der Waals surface area contributed by atoms with E-state index in [2.05, 4.69) is 9.71 Å². The van der Waals surface area contributed by atoms with Crippen LogP contribution in [0.4, 0.5) is 11.4 Å². The molecule has 6 nitrogen and oxygen atoms in total. The summed E-state index contributed by atoms with van der Waals surface area (Å²) in [5.74, 6) is -0.598. The number of nitrogens with zero attached hydrogens (tertiary/aromatic N) is 2. The summed E-state index contributed by atoms with van der Waals surface area (Å²) in [4.78, 5) is 4.09. The van der Waals surface area contributed by atoms with Crippen molar-refractivity contribution >= 4 is 32.3 Å². The van der Waals surface area contributed by atoms with Crippen molar-refractivity contribution < 1.29 is 8.42 Å². The molecular formula is C11H10N4O2S. The fraction of sp³-hybridized carbons (Fsp3) is 0.0909. The molecule has 3 N–H and O–H groups in total. The Kier molecular flexibility index (Phi) is 3.04. The highest BCUT2D eigenvalue weighted by atomic mass is 32.2. The third kappa shape index (κ3) is 2.33. The molecule has 0 aliphatic heterocycles. The van der Waals surface area contributed by atoms with Gasteiger partial charge in [-0.25, -0.2) is 8.42 Å². The second kappa shape index (κ2) is 4.50. The summed E-state index contributed by atoms with van der Waals surface area (Å²) in [7, 11) is -3.67. The van der Waals surface area contributed by atoms with Crippen LogP contribution < -0.4 is 10.5 Å². The molecule has 92 valence electrons. The zero-order chi connectivity index (χ0) is 13.2. The molecule has 0 aliphatic carbocycles. The van der Waals surface area contributed by atoms with Gasteiger partial charge in [-0.1, -0.05) is 0 Å². The van der Waals surface area contributed by atoms with Crippen LogP contribution in [0.15, 0.2) is 30.5 Å². The van der Waals surface area contributed by atoms with Crippen LogP contribution in [0.5, 0.6) is 0 Å². The normalized spacial score (nSPS) is 11.1. The van der Waals surface area contributed by atoms with Crippen molar-refractivity contribution in [2.75, 3.05) is 16.2 Å². The maximum atomic E-state index is 11.5. The molecule has 0 unspecified atom stereocenters. The van der Waals surface area contributed by atoms with Crippen LogP contribution in [0.25, 0.3) is 10.9 Å². The van der Waals surface area contributed by atoms with Crippen LogP contribution in [0, 0.1) is 11.3 Å². The quantitative estimate of drug-likeness (QED) is 0.804. The van der Waals surface area contributed by atoms with Gasteiger partial charge in [0.05, 0.1) is 23.0 Å². The molecule has 18 heavy (non-hydrogen) atoms. The van der Waals surface area contributed by atoms with E-state index in [0.29, 0.717) is 22.3 Å². The first-order valence-corrected chi connectivity index (χ1v) is 6.69. The minimum absolute atomic E-state index is 0.363. The number of hydrogen-bond donors (Lipinski definition) is 2. The Hall–Kier alpha value is -2.33. The van der Waals surface area contributed by atoms with Gasteiger partial charge in [0.25, 0.3) is 0 Å². The summed E-state index contributed by atoms with van der Waals surface area (Å²) in [6.07, 6.45) is 1.58. The Labute approximate surface area is 104 Å². The molecule has 0 saturated carbocycles. The molecule has 0 spiro atoms. The number of aromatic nitrogens is 1. The van der Waals surface area contributed by atoms with Gasteiger partial charge in [-0.3, -0.25) is 9.71 Å². The molecule has 2 aromatic rings. The number of sulfonamides is 1. The van der Waals surface area contributed by atoms with E-state index in [1.165, 1.54) is 0 Å². The van der Waals surface area contributed by atoms with Crippen molar-refractivity contribution in [2.45, 2.75) is 0 Å². The molecule has 0 saturated heterocycles. The van der Waals surface area contributed by atoms with Gasteiger partial charge in [0.2, 0.25) is 10.0 Å². The molecule has 1 aromatic carbocycles. The highest BCUT2D eigenvalue weighted by Crippen LogP contribution is 2.26. The van der Waals surface area contributed by atoms with Gasteiger partial charge in [0.1, 0.15) is 0 Å². The smallest absolute Gasteiger partial charge is 0.246 e. The number of anilines is 2. The van der Waals surface area contributed by atoms with E-state index in [0.717, 1.165) is 0 Å². The predicted molar refractivity (Wildman–Crippen MR) is 69.2 cm³/mol. The standard InChI is InChI=1S/C11H10N4O2S/c12-5-7-18(16,17)15-10-4-3-9(13)11-8(10)2-1-6-14-11/h1-4,6,15H,7,13H2. The van der Waals surface area contributed by atoms with Gasteiger partial charge < -0.3 is 5.73 Å². The summed E-state index contributed by atoms with van der Waals surface area (Å²) in [5.41, 5.74) is 7.11. The SMILES string of the molecule is N#CCS(=O)(=O)Nc1ccc(N)c2ncccc12. The van der Waals surface area contributed by atoms with Crippen LogP contribution in [0.1, 0.15) is 0 Å². The van der Waals surface area contributed by atoms with Crippen molar-refractivity contribution in [3.8, 4) is 6.07 Å². The second-order valence-electron chi connectivity index (χ2n) is 3.62. The average Bonchev–Trinajstić information content (AvgIpc) is 2.33. The molecule has 1 heterocycles. The lowest BCUT2D eigenvalue weighted by atomic mass is 10.1. The number of hydrogen-bond acceptors (Lipinski definition) is 5. The number of nitriles is 1. The van der Waals surface area contributed by atoms with Crippen LogP contribution in [0.3, 0.4) is 0 Å². The molecule has 2 rings (SSSR count). The van der Waals surface area contributed by atoms with Crippen LogP contribution in [-0.2, 0) is 10.0 Å². The van der Waals surface area contributed by atoms with Crippen LogP contribution in [0.2, 0.25) is 0 Å². The van der Waals surface area contributed by atoms with Gasteiger partial charge in [-0.05, 0) is 24.3 Å². The molecule has 0 aliphatic rings. The first kappa shape index (κ1) is 12.1. The van der Waals surface area contributed by atoms with E-state index in [1.807, 2.05) is 0 Å². The molecule has 0 bridgehead atoms. The molecular weight excluding hydrogens is 252 g/mol. The number of rotatable bonds is 3. The number of nitrogens with two attached hydrogens (primary N) is 1. The third-order valence-electron chi connectivity index (χ3n) is 2.32. The van der Waals surface area contributed by atoms with E-state index in [1.54, 1.807) is 36.5 Å². The Balaban J connectivity index is 2.54. The van der Waals surface area contributed by atoms with Gasteiger partial charge in [-0.15, -0.1) is 0 Å². The zero-order valence-electron chi connectivity index (χ0n) is 9.29. The van der Waals surface area contributed by atoms with Crippen molar-refractivity contribution in [2.24, 2.45) is 0 Å². The molecule has 0 fully saturated rings. The number of fused-ring (bicyclic) bond motifs is 1. The maximum Gasteiger partial charge on any atom is 0.246 e. The largest absolute Gasteiger partial charge is 0.397 e. The predicted octanol–water partition coefficient (Wildman–Crippen LogP) is 1.08. The molecule has 0 amide bonds. The third-order valence-corrected chi connectivity index (χ3v) is 3.36. The Morgan fingerprint density at radius 1 is 1.39 bits per heavy atom. The van der Waals surface area contributed by atoms with Gasteiger partial charge in [0, 0.05) is 11.6 Å². The Morgan fingerprint density at radius 2 is 2.17 bits per heavy atom. The highest BCUT2D eigenvalue weighted by molar-refractivity contribution is 7.92. The summed E-state index contributed by atoms with van der Waals surface area (Å²) in [6.45, 7) is 0. The number of benzene rings is 1. The minimum atomic E-state index is -3.67. The second-order valence-corrected chi connectivity index (χ2v) is 5.34. The van der Waals surface area contributed by atoms with Gasteiger partial charge in [0.15, 0.2) is 5.75 Å². The Bertz CT molecular complexity index is 734. The van der Waals surface area contributed by atoms with E-state index in [4.69, 9.17) is 11.0 Å². The van der Waals surface area contributed by atoms with Crippen molar-refractivity contribution in [3.05, 3.63) is 30.5 Å². The lowest BCUT2D eigenvalue weighted by Gasteiger charge is -2.09. The lowest BCUT2D eigenvalue weighted by Crippen LogP contribution is -2.15. The summed E-state index contributed by atoms with van der Waals surface area (Å²) in [6, 6.07) is 8.11. The first-order chi connectivity index (χ1) is 8.53. The average molecular weight is 262 g/mol. The maximum absolute atomic E-state index is 11.5. The van der Waals surface area contributed by atoms with Crippen LogP contribution >= 0.6 is 0 Å². The number of pyridine rings is 1. The summed E-state index contributed by atoms with van der Waals surface area (Å²) in [5, 5.41) is 9.03. The monoisotopic (exact) mass is 262 g/mol. The minimum Gasteiger partial charge on any atom is -0.397 e. The van der Waals surface area contributed by atoms with Gasteiger partial charge >= 0.3 is 0 Å². The fourth-order valence-electron chi connectivity index (χ4n) is 1.57. The van der Waals surface area contributed by atoms with E-state index >= 15 is 0 Å². The molecule has 0 atom stereocenters. The summed E-state index contributed by atoms with van der Waals surface area (Å²) < 4.78 is 25.4. The topological polar surface area (TPSA) is 109 Å². The fourth-order valence-corrected chi connectivity index (χ4v) is 2.33. The summed E-state index contributed by atoms with van der Waals surface area (Å²) >= 11 is 0. The van der Waals surface area contributed by atoms with Crippen molar-refractivity contribution in [1.29, 1.82) is 5.26 Å². The molecule has 7 heteroatoms. The van der Waals surface area contributed by atoms with Crippen molar-refractivity contribution in [1.82, 2.24) is 4.98 Å². The molecule has 1 aromatic heterocycles. The lowest BCUT2D eigenvalue weighted by molar-refractivity contribution is 0.604. The zero-order valence-corrected chi connectivity index (χ0v) is 10.1. The Morgan fingerprint density at radius 3 is 2.89 bits per heavy atom. The first-order valence-electron chi connectivity index (χ1n) is 5.04. The van der Waals surface area contributed by atoms with Crippen LogP contribution in [-0.4, -0.2) is 19.2 Å². The molecule has 0 radical (unpaired) electrons. The van der Waals surface area contributed by atoms with Crippen molar-refractivity contribution in [3.63, 3.8) is 0 Å². The van der Waals surface area contributed by atoms with E-state index in [9.17, 15) is 8.42 Å².